The van der Waals surface area contributed by atoms with Gasteiger partial charge in [-0.1, -0.05) is 37.6 Å². The largest absolute Gasteiger partial charge is 0.392 e. The van der Waals surface area contributed by atoms with E-state index >= 15 is 0 Å². The molecule has 0 heterocycles. The van der Waals surface area contributed by atoms with Crippen LogP contribution in [0.4, 0.5) is 4.39 Å². The van der Waals surface area contributed by atoms with E-state index in [4.69, 9.17) is 0 Å². The van der Waals surface area contributed by atoms with Crippen LogP contribution >= 0.6 is 0 Å². The Hall–Kier alpha value is -1.67. The second kappa shape index (κ2) is 5.76. The van der Waals surface area contributed by atoms with Gasteiger partial charge in [-0.15, -0.1) is 0 Å². The fraction of sp³-hybridized carbons (Fsp3) is 0.333. The molecule has 0 atom stereocenters. The Morgan fingerprint density at radius 1 is 1.10 bits per heavy atom. The lowest BCUT2D eigenvalue weighted by atomic mass is 9.88. The molecule has 2 aromatic rings. The molecule has 0 radical (unpaired) electrons. The maximum Gasteiger partial charge on any atom is 0.126 e. The Morgan fingerprint density at radius 2 is 1.80 bits per heavy atom. The molecule has 106 valence electrons. The summed E-state index contributed by atoms with van der Waals surface area (Å²) in [6.07, 6.45) is 0. The van der Waals surface area contributed by atoms with Gasteiger partial charge in [0.25, 0.3) is 0 Å². The number of aliphatic hydroxyl groups is 1. The topological polar surface area (TPSA) is 20.2 Å². The van der Waals surface area contributed by atoms with Crippen LogP contribution in [0.15, 0.2) is 30.3 Å². The van der Waals surface area contributed by atoms with Gasteiger partial charge in [0.05, 0.1) is 6.61 Å². The first-order chi connectivity index (χ1) is 9.43. The highest BCUT2D eigenvalue weighted by Crippen LogP contribution is 2.32. The predicted octanol–water partition coefficient (Wildman–Crippen LogP) is 4.73. The molecule has 0 spiro atoms. The summed E-state index contributed by atoms with van der Waals surface area (Å²) in [5, 5.41) is 9.75. The van der Waals surface area contributed by atoms with Crippen molar-refractivity contribution in [1.29, 1.82) is 0 Å². The van der Waals surface area contributed by atoms with Crippen molar-refractivity contribution in [2.75, 3.05) is 0 Å². The summed E-state index contributed by atoms with van der Waals surface area (Å²) in [5.41, 5.74) is 5.83. The van der Waals surface area contributed by atoms with Gasteiger partial charge in [0.2, 0.25) is 0 Å². The van der Waals surface area contributed by atoms with Gasteiger partial charge in [0.15, 0.2) is 0 Å². The third-order valence-electron chi connectivity index (χ3n) is 3.68. The quantitative estimate of drug-likeness (QED) is 0.856. The van der Waals surface area contributed by atoms with E-state index in [0.717, 1.165) is 27.8 Å². The van der Waals surface area contributed by atoms with Gasteiger partial charge >= 0.3 is 0 Å². The third-order valence-corrected chi connectivity index (χ3v) is 3.68. The number of halogens is 1. The van der Waals surface area contributed by atoms with E-state index < -0.39 is 0 Å². The van der Waals surface area contributed by atoms with E-state index in [-0.39, 0.29) is 12.4 Å². The van der Waals surface area contributed by atoms with Crippen molar-refractivity contribution >= 4 is 0 Å². The number of hydrogen-bond acceptors (Lipinski definition) is 1. The minimum atomic E-state index is -0.198. The number of benzene rings is 2. The van der Waals surface area contributed by atoms with Gasteiger partial charge in [-0.2, -0.15) is 0 Å². The average Bonchev–Trinajstić information content (AvgIpc) is 2.40. The first-order valence-electron chi connectivity index (χ1n) is 6.94. The van der Waals surface area contributed by atoms with Crippen LogP contribution in [0.5, 0.6) is 0 Å². The van der Waals surface area contributed by atoms with E-state index in [0.29, 0.717) is 11.5 Å². The van der Waals surface area contributed by atoms with Crippen LogP contribution in [0.2, 0.25) is 0 Å². The summed E-state index contributed by atoms with van der Waals surface area (Å²) in [6, 6.07) is 9.29. The van der Waals surface area contributed by atoms with Crippen molar-refractivity contribution in [3.8, 4) is 11.1 Å². The zero-order valence-electron chi connectivity index (χ0n) is 12.5. The zero-order chi connectivity index (χ0) is 14.9. The van der Waals surface area contributed by atoms with Crippen molar-refractivity contribution in [3.63, 3.8) is 0 Å². The maximum absolute atomic E-state index is 13.4. The highest BCUT2D eigenvalue weighted by atomic mass is 19.1. The summed E-state index contributed by atoms with van der Waals surface area (Å²) < 4.78 is 13.4. The minimum Gasteiger partial charge on any atom is -0.392 e. The number of hydrogen-bond donors (Lipinski definition) is 1. The van der Waals surface area contributed by atoms with Crippen LogP contribution < -0.4 is 0 Å². The molecular formula is C18H21FO. The summed E-state index contributed by atoms with van der Waals surface area (Å²) >= 11 is 0. The summed E-state index contributed by atoms with van der Waals surface area (Å²) in [6.45, 7) is 8.05. The summed E-state index contributed by atoms with van der Waals surface area (Å²) in [5.74, 6) is 0.147. The molecule has 2 aromatic carbocycles. The van der Waals surface area contributed by atoms with E-state index in [1.165, 1.54) is 6.07 Å². The number of aryl methyl sites for hydroxylation is 2. The van der Waals surface area contributed by atoms with Crippen LogP contribution in [0.25, 0.3) is 11.1 Å². The predicted molar refractivity (Wildman–Crippen MR) is 81.3 cm³/mol. The molecule has 0 bridgehead atoms. The monoisotopic (exact) mass is 272 g/mol. The highest BCUT2D eigenvalue weighted by molar-refractivity contribution is 5.70. The standard InChI is InChI=1S/C18H21FO/c1-11(2)15-7-12(3)8-16(17(15)10-20)14-5-6-18(19)13(4)9-14/h5-9,11,20H,10H2,1-4H3. The Kier molecular flexibility index (Phi) is 4.24. The molecule has 0 fully saturated rings. The number of aliphatic hydroxyl groups excluding tert-OH is 1. The summed E-state index contributed by atoms with van der Waals surface area (Å²) in [4.78, 5) is 0. The molecule has 20 heavy (non-hydrogen) atoms. The van der Waals surface area contributed by atoms with Gasteiger partial charge in [0, 0.05) is 0 Å². The first kappa shape index (κ1) is 14.7. The zero-order valence-corrected chi connectivity index (χ0v) is 12.5. The molecule has 0 amide bonds. The Morgan fingerprint density at radius 3 is 2.35 bits per heavy atom. The van der Waals surface area contributed by atoms with Crippen molar-refractivity contribution < 1.29 is 9.50 Å². The van der Waals surface area contributed by atoms with Crippen molar-refractivity contribution in [1.82, 2.24) is 0 Å². The van der Waals surface area contributed by atoms with Crippen LogP contribution in [0.1, 0.15) is 42.0 Å². The van der Waals surface area contributed by atoms with E-state index in [2.05, 4.69) is 26.0 Å². The second-order valence-corrected chi connectivity index (χ2v) is 5.66. The van der Waals surface area contributed by atoms with Gasteiger partial charge in [0.1, 0.15) is 5.82 Å². The smallest absolute Gasteiger partial charge is 0.126 e. The molecule has 2 rings (SSSR count). The van der Waals surface area contributed by atoms with Gasteiger partial charge in [-0.05, 0) is 59.7 Å². The fourth-order valence-corrected chi connectivity index (χ4v) is 2.61. The van der Waals surface area contributed by atoms with Crippen LogP contribution in [-0.4, -0.2) is 5.11 Å². The Labute approximate surface area is 120 Å². The van der Waals surface area contributed by atoms with E-state index in [1.807, 2.05) is 13.0 Å². The molecule has 2 heteroatoms. The molecule has 0 aliphatic carbocycles. The lowest BCUT2D eigenvalue weighted by molar-refractivity contribution is 0.280. The molecule has 0 saturated heterocycles. The SMILES string of the molecule is Cc1cc(-c2ccc(F)c(C)c2)c(CO)c(C(C)C)c1. The molecule has 0 aliphatic heterocycles. The molecule has 0 aliphatic rings. The first-order valence-corrected chi connectivity index (χ1v) is 6.94. The van der Waals surface area contributed by atoms with E-state index in [1.54, 1.807) is 13.0 Å². The molecule has 0 unspecified atom stereocenters. The maximum atomic E-state index is 13.4. The fourth-order valence-electron chi connectivity index (χ4n) is 2.61. The van der Waals surface area contributed by atoms with Crippen LogP contribution in [0, 0.1) is 19.7 Å². The number of rotatable bonds is 3. The van der Waals surface area contributed by atoms with Gasteiger partial charge in [-0.25, -0.2) is 4.39 Å². The molecule has 1 nitrogen and oxygen atoms in total. The highest BCUT2D eigenvalue weighted by Gasteiger charge is 2.14. The lowest BCUT2D eigenvalue weighted by Gasteiger charge is -2.18. The third kappa shape index (κ3) is 2.75. The van der Waals surface area contributed by atoms with Gasteiger partial charge in [-0.3, -0.25) is 0 Å². The molecule has 0 saturated carbocycles. The Balaban J connectivity index is 2.69. The van der Waals surface area contributed by atoms with Crippen LogP contribution in [-0.2, 0) is 6.61 Å². The average molecular weight is 272 g/mol. The van der Waals surface area contributed by atoms with Crippen LogP contribution in [0.3, 0.4) is 0 Å². The van der Waals surface area contributed by atoms with Crippen molar-refractivity contribution in [2.45, 2.75) is 40.2 Å². The van der Waals surface area contributed by atoms with Gasteiger partial charge < -0.3 is 5.11 Å². The lowest BCUT2D eigenvalue weighted by Crippen LogP contribution is -2.01. The Bertz CT molecular complexity index is 630. The van der Waals surface area contributed by atoms with E-state index in [9.17, 15) is 9.50 Å². The summed E-state index contributed by atoms with van der Waals surface area (Å²) in [7, 11) is 0. The molecule has 1 N–H and O–H groups in total. The van der Waals surface area contributed by atoms with Crippen molar-refractivity contribution in [2.24, 2.45) is 0 Å². The minimum absolute atomic E-state index is 0.000446. The normalized spacial score (nSPS) is 11.2. The second-order valence-electron chi connectivity index (χ2n) is 5.66. The molecule has 0 aromatic heterocycles. The van der Waals surface area contributed by atoms with Crippen molar-refractivity contribution in [3.05, 3.63) is 58.4 Å². The molecular weight excluding hydrogens is 251 g/mol.